The molecule has 35 heavy (non-hydrogen) atoms. The first-order valence-electron chi connectivity index (χ1n) is 9.94. The van der Waals surface area contributed by atoms with Gasteiger partial charge in [0.05, 0.1) is 26.0 Å². The van der Waals surface area contributed by atoms with E-state index in [9.17, 15) is 18.8 Å². The molecule has 3 rings (SSSR count). The van der Waals surface area contributed by atoms with Crippen LogP contribution in [-0.2, 0) is 9.59 Å². The number of nitrogens with zero attached hydrogens (tertiary/aromatic N) is 1. The number of rotatable bonds is 7. The van der Waals surface area contributed by atoms with Gasteiger partial charge in [0.15, 0.2) is 11.5 Å². The molecular formula is C24H19BrFN3O6. The Hall–Kier alpha value is -4.25. The number of amides is 2. The molecule has 11 heteroatoms. The van der Waals surface area contributed by atoms with Gasteiger partial charge in [0, 0.05) is 15.7 Å². The Morgan fingerprint density at radius 2 is 1.57 bits per heavy atom. The van der Waals surface area contributed by atoms with E-state index >= 15 is 0 Å². The van der Waals surface area contributed by atoms with Crippen LogP contribution in [0.1, 0.15) is 15.9 Å². The molecule has 0 aliphatic carbocycles. The molecule has 0 heterocycles. The van der Waals surface area contributed by atoms with Gasteiger partial charge in [-0.3, -0.25) is 9.59 Å². The van der Waals surface area contributed by atoms with Crippen molar-refractivity contribution in [3.8, 4) is 17.2 Å². The Morgan fingerprint density at radius 1 is 0.886 bits per heavy atom. The number of nitrogens with one attached hydrogen (secondary N) is 2. The van der Waals surface area contributed by atoms with Crippen molar-refractivity contribution in [1.29, 1.82) is 0 Å². The minimum absolute atomic E-state index is 0.154. The maximum Gasteiger partial charge on any atom is 0.343 e. The van der Waals surface area contributed by atoms with Gasteiger partial charge in [0.1, 0.15) is 11.6 Å². The van der Waals surface area contributed by atoms with Crippen LogP contribution in [0.3, 0.4) is 0 Å². The predicted octanol–water partition coefficient (Wildman–Crippen LogP) is 3.91. The molecule has 0 saturated carbocycles. The number of benzene rings is 3. The number of carbonyl (C=O) groups excluding carboxylic acids is 3. The standard InChI is InChI=1S/C24H19BrFN3O6/c1-33-20-9-3-14(12-21(20)34-2)24(32)35-19-10-4-16(25)11-15(19)13-27-29-23(31)22(30)28-18-7-5-17(26)6-8-18/h3-13H,1-2H3,(H,28,30)(H,29,31)/b27-13+. The largest absolute Gasteiger partial charge is 0.493 e. The van der Waals surface area contributed by atoms with Gasteiger partial charge in [0.2, 0.25) is 0 Å². The quantitative estimate of drug-likeness (QED) is 0.153. The SMILES string of the molecule is COc1ccc(C(=O)Oc2ccc(Br)cc2/C=N/NC(=O)C(=O)Nc2ccc(F)cc2)cc1OC. The molecule has 0 saturated heterocycles. The van der Waals surface area contributed by atoms with Crippen molar-refractivity contribution in [2.75, 3.05) is 19.5 Å². The Bertz CT molecular complexity index is 1280. The van der Waals surface area contributed by atoms with Gasteiger partial charge < -0.3 is 19.5 Å². The average molecular weight is 544 g/mol. The van der Waals surface area contributed by atoms with Crippen molar-refractivity contribution in [3.63, 3.8) is 0 Å². The van der Waals surface area contributed by atoms with E-state index in [1.54, 1.807) is 18.2 Å². The summed E-state index contributed by atoms with van der Waals surface area (Å²) in [6, 6.07) is 14.3. The van der Waals surface area contributed by atoms with Gasteiger partial charge in [-0.25, -0.2) is 14.6 Å². The summed E-state index contributed by atoms with van der Waals surface area (Å²) in [4.78, 5) is 36.6. The van der Waals surface area contributed by atoms with Crippen LogP contribution in [0.5, 0.6) is 17.2 Å². The predicted molar refractivity (Wildman–Crippen MR) is 129 cm³/mol. The molecule has 180 valence electrons. The lowest BCUT2D eigenvalue weighted by molar-refractivity contribution is -0.136. The molecule has 0 aliphatic heterocycles. The third-order valence-electron chi connectivity index (χ3n) is 4.47. The lowest BCUT2D eigenvalue weighted by Crippen LogP contribution is -2.32. The minimum Gasteiger partial charge on any atom is -0.493 e. The summed E-state index contributed by atoms with van der Waals surface area (Å²) in [7, 11) is 2.93. The molecule has 3 aromatic rings. The number of ether oxygens (including phenoxy) is 3. The fourth-order valence-corrected chi connectivity index (χ4v) is 3.15. The van der Waals surface area contributed by atoms with Crippen LogP contribution < -0.4 is 25.0 Å². The number of esters is 1. The fraction of sp³-hybridized carbons (Fsp3) is 0.0833. The van der Waals surface area contributed by atoms with Crippen molar-refractivity contribution in [3.05, 3.63) is 82.1 Å². The molecule has 9 nitrogen and oxygen atoms in total. The van der Waals surface area contributed by atoms with E-state index in [2.05, 4.69) is 31.8 Å². The molecule has 2 amide bonds. The highest BCUT2D eigenvalue weighted by Crippen LogP contribution is 2.29. The number of hydrogen-bond acceptors (Lipinski definition) is 7. The van der Waals surface area contributed by atoms with Crippen molar-refractivity contribution < 1.29 is 33.0 Å². The highest BCUT2D eigenvalue weighted by Gasteiger charge is 2.16. The summed E-state index contributed by atoms with van der Waals surface area (Å²) >= 11 is 3.32. The maximum atomic E-state index is 13.0. The number of carbonyl (C=O) groups is 3. The minimum atomic E-state index is -1.05. The van der Waals surface area contributed by atoms with Crippen molar-refractivity contribution in [2.45, 2.75) is 0 Å². The van der Waals surface area contributed by atoms with E-state index in [1.165, 1.54) is 50.8 Å². The Morgan fingerprint density at radius 3 is 2.26 bits per heavy atom. The van der Waals surface area contributed by atoms with Crippen LogP contribution in [0.25, 0.3) is 0 Å². The molecule has 0 bridgehead atoms. The first-order valence-corrected chi connectivity index (χ1v) is 10.7. The van der Waals surface area contributed by atoms with Gasteiger partial charge >= 0.3 is 17.8 Å². The highest BCUT2D eigenvalue weighted by molar-refractivity contribution is 9.10. The van der Waals surface area contributed by atoms with Crippen LogP contribution in [0.2, 0.25) is 0 Å². The van der Waals surface area contributed by atoms with Crippen molar-refractivity contribution in [1.82, 2.24) is 5.43 Å². The Labute approximate surface area is 208 Å². The first-order chi connectivity index (χ1) is 16.8. The number of methoxy groups -OCH3 is 2. The average Bonchev–Trinajstić information content (AvgIpc) is 2.86. The van der Waals surface area contributed by atoms with Crippen LogP contribution in [0.4, 0.5) is 10.1 Å². The van der Waals surface area contributed by atoms with Crippen LogP contribution in [0.15, 0.2) is 70.2 Å². The second kappa shape index (κ2) is 11.7. The van der Waals surface area contributed by atoms with E-state index in [1.807, 2.05) is 0 Å². The van der Waals surface area contributed by atoms with Crippen LogP contribution in [0, 0.1) is 5.82 Å². The Balaban J connectivity index is 1.69. The number of hydrogen-bond donors (Lipinski definition) is 2. The fourth-order valence-electron chi connectivity index (χ4n) is 2.77. The van der Waals surface area contributed by atoms with Crippen molar-refractivity contribution in [2.24, 2.45) is 5.10 Å². The maximum absolute atomic E-state index is 13.0. The van der Waals surface area contributed by atoms with Crippen molar-refractivity contribution >= 4 is 45.6 Å². The summed E-state index contributed by atoms with van der Waals surface area (Å²) < 4.78 is 29.5. The molecule has 0 radical (unpaired) electrons. The van der Waals surface area contributed by atoms with E-state index in [4.69, 9.17) is 14.2 Å². The molecule has 0 unspecified atom stereocenters. The molecule has 2 N–H and O–H groups in total. The highest BCUT2D eigenvalue weighted by atomic mass is 79.9. The summed E-state index contributed by atoms with van der Waals surface area (Å²) in [5, 5.41) is 6.07. The second-order valence-corrected chi connectivity index (χ2v) is 7.72. The molecule has 0 spiro atoms. The Kier molecular flexibility index (Phi) is 8.52. The number of halogens is 2. The molecule has 3 aromatic carbocycles. The van der Waals surface area contributed by atoms with E-state index in [0.717, 1.165) is 12.1 Å². The van der Waals surface area contributed by atoms with Gasteiger partial charge in [-0.2, -0.15) is 5.10 Å². The molecule has 0 aliphatic rings. The number of anilines is 1. The zero-order chi connectivity index (χ0) is 25.4. The summed E-state index contributed by atoms with van der Waals surface area (Å²) in [6.07, 6.45) is 1.21. The van der Waals surface area contributed by atoms with E-state index < -0.39 is 23.6 Å². The monoisotopic (exact) mass is 543 g/mol. The summed E-state index contributed by atoms with van der Waals surface area (Å²) in [5.41, 5.74) is 2.88. The third kappa shape index (κ3) is 6.87. The molecular weight excluding hydrogens is 525 g/mol. The molecule has 0 fully saturated rings. The lowest BCUT2D eigenvalue weighted by Gasteiger charge is -2.11. The smallest absolute Gasteiger partial charge is 0.343 e. The topological polar surface area (TPSA) is 115 Å². The second-order valence-electron chi connectivity index (χ2n) is 6.80. The van der Waals surface area contributed by atoms with Gasteiger partial charge in [-0.05, 0) is 60.7 Å². The zero-order valence-electron chi connectivity index (χ0n) is 18.5. The lowest BCUT2D eigenvalue weighted by atomic mass is 10.2. The summed E-state index contributed by atoms with van der Waals surface area (Å²) in [5.74, 6) is -2.21. The van der Waals surface area contributed by atoms with E-state index in [0.29, 0.717) is 21.5 Å². The number of hydrazone groups is 1. The van der Waals surface area contributed by atoms with Gasteiger partial charge in [-0.1, -0.05) is 15.9 Å². The third-order valence-corrected chi connectivity index (χ3v) is 4.97. The van der Waals surface area contributed by atoms with Crippen LogP contribution in [-0.4, -0.2) is 38.2 Å². The normalized spacial score (nSPS) is 10.5. The molecule has 0 atom stereocenters. The van der Waals surface area contributed by atoms with Crippen LogP contribution >= 0.6 is 15.9 Å². The zero-order valence-corrected chi connectivity index (χ0v) is 20.1. The molecule has 0 aromatic heterocycles. The summed E-state index contributed by atoms with van der Waals surface area (Å²) in [6.45, 7) is 0. The first kappa shape index (κ1) is 25.4. The van der Waals surface area contributed by atoms with E-state index in [-0.39, 0.29) is 17.0 Å². The van der Waals surface area contributed by atoms with Gasteiger partial charge in [-0.15, -0.1) is 0 Å². The van der Waals surface area contributed by atoms with Gasteiger partial charge in [0.25, 0.3) is 0 Å².